The fraction of sp³-hybridized carbons (Fsp3) is 0.158. The van der Waals surface area contributed by atoms with Gasteiger partial charge >= 0.3 is 0 Å². The van der Waals surface area contributed by atoms with Crippen LogP contribution in [0.1, 0.15) is 24.0 Å². The van der Waals surface area contributed by atoms with Crippen molar-refractivity contribution in [2.75, 3.05) is 58.2 Å². The number of anilines is 10. The van der Waals surface area contributed by atoms with Gasteiger partial charge in [-0.05, 0) is 72.5 Å². The summed E-state index contributed by atoms with van der Waals surface area (Å²) in [6, 6.07) is 30.5. The van der Waals surface area contributed by atoms with Gasteiger partial charge in [0, 0.05) is 49.1 Å². The summed E-state index contributed by atoms with van der Waals surface area (Å²) in [7, 11) is -4.65. The van der Waals surface area contributed by atoms with Crippen molar-refractivity contribution in [1.82, 2.24) is 29.9 Å². The lowest BCUT2D eigenvalue weighted by molar-refractivity contribution is 0.292. The lowest BCUT2D eigenvalue weighted by Crippen LogP contribution is -2.11. The minimum Gasteiger partial charge on any atom is -0.396 e. The Bertz CT molecular complexity index is 2340. The number of hydrogen-bond acceptors (Lipinski definition) is 16. The molecule has 0 saturated carbocycles. The number of aliphatic hydroxyl groups excluding tert-OH is 2. The van der Waals surface area contributed by atoms with Gasteiger partial charge in [0.15, 0.2) is 0 Å². The van der Waals surface area contributed by atoms with Gasteiger partial charge in [0.1, 0.15) is 4.90 Å². The molecule has 0 amide bonds. The highest BCUT2D eigenvalue weighted by molar-refractivity contribution is 7.86. The molecule has 17 nitrogen and oxygen atoms in total. The van der Waals surface area contributed by atoms with E-state index in [1.807, 2.05) is 84.9 Å². The molecule has 0 aliphatic heterocycles. The maximum atomic E-state index is 12.5. The number of rotatable bonds is 19. The van der Waals surface area contributed by atoms with E-state index in [2.05, 4.69) is 61.8 Å². The van der Waals surface area contributed by atoms with Gasteiger partial charge in [-0.2, -0.15) is 38.3 Å². The third-order valence-corrected chi connectivity index (χ3v) is 8.65. The zero-order chi connectivity index (χ0) is 39.2. The molecule has 0 unspecified atom stereocenters. The Balaban J connectivity index is 1.17. The molecule has 6 aromatic rings. The zero-order valence-corrected chi connectivity index (χ0v) is 30.8. The largest absolute Gasteiger partial charge is 0.396 e. The minimum atomic E-state index is -4.65. The van der Waals surface area contributed by atoms with E-state index in [1.54, 1.807) is 24.3 Å². The van der Waals surface area contributed by atoms with E-state index in [-0.39, 0.29) is 47.5 Å². The Morgan fingerprint density at radius 1 is 0.500 bits per heavy atom. The van der Waals surface area contributed by atoms with Gasteiger partial charge in [0.2, 0.25) is 35.7 Å². The predicted octanol–water partition coefficient (Wildman–Crippen LogP) is 6.04. The first-order valence-corrected chi connectivity index (χ1v) is 19.0. The fourth-order valence-electron chi connectivity index (χ4n) is 5.09. The van der Waals surface area contributed by atoms with Crippen LogP contribution in [0.5, 0.6) is 0 Å². The number of aromatic nitrogens is 6. The van der Waals surface area contributed by atoms with Gasteiger partial charge in [-0.1, -0.05) is 66.7 Å². The van der Waals surface area contributed by atoms with Crippen LogP contribution in [0.25, 0.3) is 12.2 Å². The lowest BCUT2D eigenvalue weighted by Gasteiger charge is -2.12. The van der Waals surface area contributed by atoms with Gasteiger partial charge in [0.25, 0.3) is 10.1 Å². The molecular weight excluding hydrogens is 737 g/mol. The van der Waals surface area contributed by atoms with E-state index >= 15 is 0 Å². The Morgan fingerprint density at radius 3 is 1.36 bits per heavy atom. The van der Waals surface area contributed by atoms with Gasteiger partial charge in [-0.15, -0.1) is 0 Å². The molecule has 288 valence electrons. The first-order valence-electron chi connectivity index (χ1n) is 17.5. The summed E-state index contributed by atoms with van der Waals surface area (Å²) in [6.45, 7) is 0.906. The van der Waals surface area contributed by atoms with E-state index < -0.39 is 10.1 Å². The number of benzene rings is 4. The monoisotopic (exact) mass is 776 g/mol. The summed E-state index contributed by atoms with van der Waals surface area (Å²) in [4.78, 5) is 26.3. The fourth-order valence-corrected chi connectivity index (χ4v) is 5.80. The number of aliphatic hydroxyl groups is 2. The molecule has 0 spiro atoms. The molecule has 9 N–H and O–H groups in total. The Hall–Kier alpha value is -6.73. The smallest absolute Gasteiger partial charge is 0.295 e. The molecule has 2 aromatic heterocycles. The highest BCUT2D eigenvalue weighted by atomic mass is 32.2. The normalized spacial score (nSPS) is 11.3. The molecule has 0 saturated heterocycles. The third-order valence-electron chi connectivity index (χ3n) is 7.74. The van der Waals surface area contributed by atoms with E-state index in [0.717, 1.165) is 16.9 Å². The van der Waals surface area contributed by atoms with Crippen molar-refractivity contribution in [2.24, 2.45) is 0 Å². The standard InChI is InChI=1S/C38H40N12O5S/c51-23-7-21-39-33-45-35(41-28-9-3-1-4-10-28)49-37(47-33)43-30-18-14-26(15-19-30)13-16-27-17-20-31(25-32(27)56(53,54)55)44-38-48-34(40-22-8-24-52)46-36(50-38)42-29-11-5-2-6-12-29/h1-6,9-20,25,51-52H,7-8,21-24H2,(H,53,54,55)(H3,39,41,43,45,47,49)(H3,40,42,44,46,48,50). The van der Waals surface area contributed by atoms with Gasteiger partial charge in [-0.25, -0.2) is 0 Å². The van der Waals surface area contributed by atoms with Crippen molar-refractivity contribution < 1.29 is 23.2 Å². The highest BCUT2D eigenvalue weighted by Crippen LogP contribution is 2.26. The summed E-state index contributed by atoms with van der Waals surface area (Å²) in [5, 5.41) is 37.0. The van der Waals surface area contributed by atoms with Gasteiger partial charge in [-0.3, -0.25) is 4.55 Å². The van der Waals surface area contributed by atoms with Crippen LogP contribution in [-0.2, 0) is 10.1 Å². The van der Waals surface area contributed by atoms with Crippen LogP contribution in [0.3, 0.4) is 0 Å². The summed E-state index contributed by atoms with van der Waals surface area (Å²) in [6.07, 6.45) is 4.30. The molecular formula is C38H40N12O5S. The van der Waals surface area contributed by atoms with Crippen molar-refractivity contribution in [3.8, 4) is 0 Å². The maximum Gasteiger partial charge on any atom is 0.295 e. The van der Waals surface area contributed by atoms with Gasteiger partial charge < -0.3 is 42.1 Å². The number of hydrogen-bond donors (Lipinski definition) is 9. The topological polar surface area (TPSA) is 244 Å². The molecule has 56 heavy (non-hydrogen) atoms. The van der Waals surface area contributed by atoms with Crippen LogP contribution < -0.4 is 31.9 Å². The Kier molecular flexibility index (Phi) is 13.3. The molecule has 0 fully saturated rings. The van der Waals surface area contributed by atoms with Crippen LogP contribution in [0.4, 0.5) is 58.4 Å². The van der Waals surface area contributed by atoms with Gasteiger partial charge in [0.05, 0.1) is 0 Å². The molecule has 0 radical (unpaired) electrons. The van der Waals surface area contributed by atoms with Crippen LogP contribution in [0, 0.1) is 0 Å². The van der Waals surface area contributed by atoms with Crippen molar-refractivity contribution in [2.45, 2.75) is 17.7 Å². The summed E-state index contributed by atoms with van der Waals surface area (Å²) >= 11 is 0. The van der Waals surface area contributed by atoms with Crippen LogP contribution in [0.15, 0.2) is 108 Å². The summed E-state index contributed by atoms with van der Waals surface area (Å²) < 4.78 is 35.2. The SMILES string of the molecule is O=S(=O)(O)c1cc(Nc2nc(NCCCO)nc(Nc3ccccc3)n2)ccc1C=Cc1ccc(Nc2nc(NCCCO)nc(Nc3ccccc3)n2)cc1. The Labute approximate surface area is 323 Å². The van der Waals surface area contributed by atoms with Crippen molar-refractivity contribution >= 4 is 80.7 Å². The van der Waals surface area contributed by atoms with Crippen molar-refractivity contribution in [1.29, 1.82) is 0 Å². The number of nitrogens with zero attached hydrogens (tertiary/aromatic N) is 6. The molecule has 0 bridgehead atoms. The highest BCUT2D eigenvalue weighted by Gasteiger charge is 2.16. The number of para-hydroxylation sites is 2. The van der Waals surface area contributed by atoms with E-state index in [0.29, 0.717) is 49.2 Å². The molecule has 2 heterocycles. The first kappa shape index (κ1) is 39.0. The lowest BCUT2D eigenvalue weighted by atomic mass is 10.1. The average Bonchev–Trinajstić information content (AvgIpc) is 3.18. The second-order valence-electron chi connectivity index (χ2n) is 12.0. The first-order chi connectivity index (χ1) is 27.2. The third kappa shape index (κ3) is 11.6. The molecule has 4 aromatic carbocycles. The zero-order valence-electron chi connectivity index (χ0n) is 30.0. The second kappa shape index (κ2) is 19.0. The molecule has 18 heteroatoms. The predicted molar refractivity (Wildman–Crippen MR) is 218 cm³/mol. The summed E-state index contributed by atoms with van der Waals surface area (Å²) in [5.41, 5.74) is 3.52. The second-order valence-corrected chi connectivity index (χ2v) is 13.4. The van der Waals surface area contributed by atoms with E-state index in [9.17, 15) is 23.2 Å². The van der Waals surface area contributed by atoms with Crippen LogP contribution in [0.2, 0.25) is 0 Å². The van der Waals surface area contributed by atoms with E-state index in [4.69, 9.17) is 0 Å². The molecule has 6 rings (SSSR count). The molecule has 0 aliphatic rings. The van der Waals surface area contributed by atoms with Crippen molar-refractivity contribution in [3.63, 3.8) is 0 Å². The molecule has 0 atom stereocenters. The maximum absolute atomic E-state index is 12.5. The van der Waals surface area contributed by atoms with Crippen LogP contribution >= 0.6 is 0 Å². The summed E-state index contributed by atoms with van der Waals surface area (Å²) in [5.74, 6) is 1.51. The van der Waals surface area contributed by atoms with E-state index in [1.165, 1.54) is 6.07 Å². The minimum absolute atomic E-state index is 0.0108. The van der Waals surface area contributed by atoms with Crippen molar-refractivity contribution in [3.05, 3.63) is 114 Å². The quantitative estimate of drug-likeness (QED) is 0.0259. The Morgan fingerprint density at radius 2 is 0.911 bits per heavy atom. The molecule has 0 aliphatic carbocycles. The number of nitrogens with one attached hydrogen (secondary N) is 6. The van der Waals surface area contributed by atoms with Crippen LogP contribution in [-0.4, -0.2) is 79.4 Å². The average molecular weight is 777 g/mol.